The van der Waals surface area contributed by atoms with Crippen molar-refractivity contribution in [2.45, 2.75) is 0 Å². The van der Waals surface area contributed by atoms with Crippen LogP contribution in [0.15, 0.2) is 24.3 Å². The monoisotopic (exact) mass is 370 g/mol. The van der Waals surface area contributed by atoms with Gasteiger partial charge in [0.15, 0.2) is 5.82 Å². The fourth-order valence-corrected chi connectivity index (χ4v) is 3.18. The first-order valence-electron chi connectivity index (χ1n) is 8.55. The van der Waals surface area contributed by atoms with Gasteiger partial charge in [-0.05, 0) is 24.3 Å². The molecule has 140 valence electrons. The largest absolute Gasteiger partial charge is 0.372 e. The van der Waals surface area contributed by atoms with Gasteiger partial charge in [0.05, 0.1) is 11.1 Å². The topological polar surface area (TPSA) is 116 Å². The normalized spacial score (nSPS) is 14.6. The van der Waals surface area contributed by atoms with Gasteiger partial charge in [-0.3, -0.25) is 4.79 Å². The van der Waals surface area contributed by atoms with Gasteiger partial charge in [0.1, 0.15) is 17.2 Å². The number of hydrogen-bond acceptors (Lipinski definition) is 7. The number of rotatable bonds is 4. The Labute approximate surface area is 154 Å². The van der Waals surface area contributed by atoms with Crippen LogP contribution in [0.3, 0.4) is 0 Å². The molecule has 3 heterocycles. The van der Waals surface area contributed by atoms with E-state index >= 15 is 0 Å². The SMILES string of the molecule is CNc1ccc(N2CCN(c3nc4c(C(N)=O)cc(F)cc4[nH]3)CC2)nn1. The molecule has 0 saturated carbocycles. The predicted molar refractivity (Wildman–Crippen MR) is 101 cm³/mol. The number of aromatic nitrogens is 4. The molecule has 9 nitrogen and oxygen atoms in total. The predicted octanol–water partition coefficient (Wildman–Crippen LogP) is 0.959. The van der Waals surface area contributed by atoms with E-state index in [1.54, 1.807) is 7.05 Å². The van der Waals surface area contributed by atoms with Crippen LogP contribution in [0.2, 0.25) is 0 Å². The van der Waals surface area contributed by atoms with E-state index in [1.165, 1.54) is 6.07 Å². The zero-order chi connectivity index (χ0) is 19.0. The number of carbonyl (C=O) groups is 1. The molecule has 0 aliphatic carbocycles. The maximum absolute atomic E-state index is 13.7. The lowest BCUT2D eigenvalue weighted by atomic mass is 10.1. The number of H-pyrrole nitrogens is 1. The van der Waals surface area contributed by atoms with Crippen molar-refractivity contribution in [1.29, 1.82) is 0 Å². The highest BCUT2D eigenvalue weighted by molar-refractivity contribution is 6.04. The molecule has 4 N–H and O–H groups in total. The van der Waals surface area contributed by atoms with Gasteiger partial charge < -0.3 is 25.8 Å². The van der Waals surface area contributed by atoms with Crippen LogP contribution in [0.4, 0.5) is 22.0 Å². The number of nitrogens with two attached hydrogens (primary N) is 1. The summed E-state index contributed by atoms with van der Waals surface area (Å²) in [4.78, 5) is 23.3. The van der Waals surface area contributed by atoms with Crippen molar-refractivity contribution in [3.8, 4) is 0 Å². The summed E-state index contributed by atoms with van der Waals surface area (Å²) in [5, 5.41) is 11.3. The number of piperazine rings is 1. The minimum absolute atomic E-state index is 0.0750. The van der Waals surface area contributed by atoms with E-state index in [9.17, 15) is 9.18 Å². The molecule has 10 heteroatoms. The first-order chi connectivity index (χ1) is 13.0. The molecule has 1 amide bonds. The lowest BCUT2D eigenvalue weighted by Crippen LogP contribution is -2.47. The average Bonchev–Trinajstić information content (AvgIpc) is 3.11. The van der Waals surface area contributed by atoms with Gasteiger partial charge >= 0.3 is 0 Å². The van der Waals surface area contributed by atoms with Gasteiger partial charge in [0.2, 0.25) is 5.95 Å². The number of nitrogens with one attached hydrogen (secondary N) is 2. The molecule has 1 fully saturated rings. The highest BCUT2D eigenvalue weighted by Crippen LogP contribution is 2.24. The molecule has 1 aliphatic heterocycles. The molecular weight excluding hydrogens is 351 g/mol. The molecule has 27 heavy (non-hydrogen) atoms. The molecule has 0 atom stereocenters. The number of fused-ring (bicyclic) bond motifs is 1. The maximum Gasteiger partial charge on any atom is 0.251 e. The third-order valence-corrected chi connectivity index (χ3v) is 4.61. The molecule has 0 spiro atoms. The molecule has 3 aromatic rings. The minimum Gasteiger partial charge on any atom is -0.372 e. The van der Waals surface area contributed by atoms with Crippen LogP contribution in [-0.2, 0) is 0 Å². The van der Waals surface area contributed by atoms with Gasteiger partial charge in [-0.15, -0.1) is 10.2 Å². The van der Waals surface area contributed by atoms with Crippen molar-refractivity contribution in [3.63, 3.8) is 0 Å². The molecule has 1 aromatic carbocycles. The number of aromatic amines is 1. The Morgan fingerprint density at radius 1 is 1.19 bits per heavy atom. The number of halogens is 1. The van der Waals surface area contributed by atoms with Crippen LogP contribution in [0, 0.1) is 5.82 Å². The molecule has 1 saturated heterocycles. The van der Waals surface area contributed by atoms with Crippen molar-refractivity contribution >= 4 is 34.5 Å². The minimum atomic E-state index is -0.703. The fraction of sp³-hybridized carbons (Fsp3) is 0.294. The van der Waals surface area contributed by atoms with E-state index in [0.717, 1.165) is 30.8 Å². The van der Waals surface area contributed by atoms with Crippen LogP contribution in [-0.4, -0.2) is 59.3 Å². The summed E-state index contributed by atoms with van der Waals surface area (Å²) in [7, 11) is 1.80. The molecule has 0 unspecified atom stereocenters. The number of benzene rings is 1. The second kappa shape index (κ2) is 6.71. The molecule has 4 rings (SSSR count). The van der Waals surface area contributed by atoms with Crippen LogP contribution < -0.4 is 20.9 Å². The van der Waals surface area contributed by atoms with E-state index in [2.05, 4.69) is 35.3 Å². The first-order valence-corrected chi connectivity index (χ1v) is 8.55. The third-order valence-electron chi connectivity index (χ3n) is 4.61. The average molecular weight is 370 g/mol. The highest BCUT2D eigenvalue weighted by Gasteiger charge is 2.22. The van der Waals surface area contributed by atoms with Gasteiger partial charge in [-0.1, -0.05) is 0 Å². The molecule has 2 aromatic heterocycles. The highest BCUT2D eigenvalue weighted by atomic mass is 19.1. The number of anilines is 3. The first kappa shape index (κ1) is 17.0. The standard InChI is InChI=1S/C17H19FN8O/c1-20-13-2-3-14(24-23-13)25-4-6-26(7-5-25)17-21-12-9-10(18)8-11(16(19)27)15(12)22-17/h2-3,8-9H,4-7H2,1H3,(H2,19,27)(H,20,23)(H,21,22). The van der Waals surface area contributed by atoms with E-state index in [0.29, 0.717) is 30.1 Å². The van der Waals surface area contributed by atoms with Gasteiger partial charge in [0.25, 0.3) is 5.91 Å². The van der Waals surface area contributed by atoms with Crippen molar-refractivity contribution < 1.29 is 9.18 Å². The summed E-state index contributed by atoms with van der Waals surface area (Å²) in [6.45, 7) is 2.87. The number of hydrogen-bond donors (Lipinski definition) is 3. The Morgan fingerprint density at radius 2 is 1.93 bits per heavy atom. The lowest BCUT2D eigenvalue weighted by molar-refractivity contribution is 0.100. The Morgan fingerprint density at radius 3 is 2.56 bits per heavy atom. The van der Waals surface area contributed by atoms with E-state index in [-0.39, 0.29) is 5.56 Å². The van der Waals surface area contributed by atoms with Crippen LogP contribution in [0.5, 0.6) is 0 Å². The second-order valence-electron chi connectivity index (χ2n) is 6.28. The molecule has 0 radical (unpaired) electrons. The van der Waals surface area contributed by atoms with Crippen molar-refractivity contribution in [3.05, 3.63) is 35.6 Å². The third kappa shape index (κ3) is 3.21. The zero-order valence-corrected chi connectivity index (χ0v) is 14.7. The maximum atomic E-state index is 13.7. The number of nitrogens with zero attached hydrogens (tertiary/aromatic N) is 5. The summed E-state index contributed by atoms with van der Waals surface area (Å²) in [6, 6.07) is 6.24. The Balaban J connectivity index is 1.52. The van der Waals surface area contributed by atoms with Crippen LogP contribution >= 0.6 is 0 Å². The summed E-state index contributed by atoms with van der Waals surface area (Å²) < 4.78 is 13.7. The number of carbonyl (C=O) groups excluding carboxylic acids is 1. The second-order valence-corrected chi connectivity index (χ2v) is 6.28. The Hall–Kier alpha value is -3.43. The van der Waals surface area contributed by atoms with Crippen molar-refractivity contribution in [2.75, 3.05) is 48.3 Å². The summed E-state index contributed by atoms with van der Waals surface area (Å²) in [5.74, 6) is 0.897. The van der Waals surface area contributed by atoms with Gasteiger partial charge in [-0.2, -0.15) is 0 Å². The van der Waals surface area contributed by atoms with Gasteiger partial charge in [-0.25, -0.2) is 9.37 Å². The number of imidazole rings is 1. The Bertz CT molecular complexity index is 979. The van der Waals surface area contributed by atoms with Crippen LogP contribution in [0.1, 0.15) is 10.4 Å². The number of primary amides is 1. The zero-order valence-electron chi connectivity index (χ0n) is 14.7. The molecule has 1 aliphatic rings. The summed E-state index contributed by atoms with van der Waals surface area (Å²) in [5.41, 5.74) is 6.26. The van der Waals surface area contributed by atoms with E-state index in [4.69, 9.17) is 5.73 Å². The summed E-state index contributed by atoms with van der Waals surface area (Å²) in [6.07, 6.45) is 0. The van der Waals surface area contributed by atoms with Gasteiger partial charge in [0, 0.05) is 33.2 Å². The number of amides is 1. The summed E-state index contributed by atoms with van der Waals surface area (Å²) >= 11 is 0. The lowest BCUT2D eigenvalue weighted by Gasteiger charge is -2.34. The van der Waals surface area contributed by atoms with Crippen molar-refractivity contribution in [2.24, 2.45) is 5.73 Å². The fourth-order valence-electron chi connectivity index (χ4n) is 3.18. The molecule has 0 bridgehead atoms. The van der Waals surface area contributed by atoms with E-state index < -0.39 is 11.7 Å². The molecular formula is C17H19FN8O. The van der Waals surface area contributed by atoms with Crippen LogP contribution in [0.25, 0.3) is 11.0 Å². The van der Waals surface area contributed by atoms with Crippen molar-refractivity contribution in [1.82, 2.24) is 20.2 Å². The Kier molecular flexibility index (Phi) is 4.22. The smallest absolute Gasteiger partial charge is 0.251 e. The van der Waals surface area contributed by atoms with E-state index in [1.807, 2.05) is 12.1 Å². The quantitative estimate of drug-likeness (QED) is 0.626.